The molecule has 7 heavy (non-hydrogen) atoms. The average molecular weight is 120 g/mol. The van der Waals surface area contributed by atoms with E-state index in [4.69, 9.17) is 0 Å². The molecule has 1 rings (SSSR count). The van der Waals surface area contributed by atoms with Crippen molar-refractivity contribution in [3.8, 4) is 0 Å². The summed E-state index contributed by atoms with van der Waals surface area (Å²) >= 11 is 0. The minimum Gasteiger partial charge on any atom is -0.450 e. The Hall–Kier alpha value is -0.140. The van der Waals surface area contributed by atoms with Gasteiger partial charge in [-0.25, -0.2) is 4.79 Å². The van der Waals surface area contributed by atoms with Gasteiger partial charge in [0.2, 0.25) is 0 Å². The molecule has 0 aliphatic carbocycles. The van der Waals surface area contributed by atoms with E-state index in [0.29, 0.717) is 6.61 Å². The van der Waals surface area contributed by atoms with Crippen molar-refractivity contribution in [1.82, 2.24) is 0 Å². The lowest BCUT2D eigenvalue weighted by atomic mass is 10.5. The van der Waals surface area contributed by atoms with E-state index in [1.807, 2.05) is 9.47 Å². The summed E-state index contributed by atoms with van der Waals surface area (Å²) in [6, 6.07) is 0. The second-order valence-corrected chi connectivity index (χ2v) is 1.49. The highest BCUT2D eigenvalue weighted by Crippen LogP contribution is 2.11. The van der Waals surface area contributed by atoms with E-state index in [0.717, 1.165) is 0 Å². The Labute approximate surface area is 43.3 Å². The predicted molar refractivity (Wildman–Crippen MR) is 25.5 cm³/mol. The number of ether oxygens (including phenoxy) is 1. The van der Waals surface area contributed by atoms with Crippen molar-refractivity contribution in [3.05, 3.63) is 0 Å². The van der Waals surface area contributed by atoms with E-state index in [2.05, 4.69) is 9.26 Å². The molecular formula is C3H5O3P. The molecule has 1 aliphatic heterocycles. The van der Waals surface area contributed by atoms with Crippen LogP contribution in [0.3, 0.4) is 0 Å². The fraction of sp³-hybridized carbons (Fsp3) is 0.667. The van der Waals surface area contributed by atoms with Gasteiger partial charge < -0.3 is 9.26 Å². The lowest BCUT2D eigenvalue weighted by molar-refractivity contribution is -0.134. The average Bonchev–Trinajstić information content (AvgIpc) is 2.44. The molecule has 0 aromatic rings. The second-order valence-electron chi connectivity index (χ2n) is 1.26. The summed E-state index contributed by atoms with van der Waals surface area (Å²) < 4.78 is 8.80. The fourth-order valence-corrected chi connectivity index (χ4v) is 0.412. The molecule has 1 heterocycles. The second kappa shape index (κ2) is 1.76. The Balaban J connectivity index is 2.24. The first-order chi connectivity index (χ1) is 3.34. The maximum Gasteiger partial charge on any atom is 0.339 e. The first-order valence-corrected chi connectivity index (χ1v) is 2.34. The summed E-state index contributed by atoms with van der Waals surface area (Å²) in [7, 11) is 1.87. The van der Waals surface area contributed by atoms with Gasteiger partial charge in [-0.3, -0.25) is 0 Å². The van der Waals surface area contributed by atoms with Crippen LogP contribution in [-0.2, 0) is 14.1 Å². The van der Waals surface area contributed by atoms with Gasteiger partial charge in [-0.2, -0.15) is 0 Å². The Morgan fingerprint density at radius 1 is 2.00 bits per heavy atom. The maximum absolute atomic E-state index is 10.2. The minimum atomic E-state index is -0.301. The molecule has 40 valence electrons. The van der Waals surface area contributed by atoms with Crippen LogP contribution >= 0.6 is 9.47 Å². The van der Waals surface area contributed by atoms with Crippen molar-refractivity contribution in [2.24, 2.45) is 0 Å². The van der Waals surface area contributed by atoms with Gasteiger partial charge in [-0.15, -0.1) is 0 Å². The maximum atomic E-state index is 10.2. The molecular weight excluding hydrogens is 115 g/mol. The third kappa shape index (κ3) is 1.11. The zero-order chi connectivity index (χ0) is 5.28. The standard InChI is InChI=1S/C3H5O3P/c4-3(6-7)2-1-5-2/h2H,1,7H2. The van der Waals surface area contributed by atoms with Gasteiger partial charge in [0.1, 0.15) is 0 Å². The highest BCUT2D eigenvalue weighted by Gasteiger charge is 2.31. The molecule has 0 aromatic heterocycles. The lowest BCUT2D eigenvalue weighted by Gasteiger charge is -1.86. The Morgan fingerprint density at radius 2 is 2.57 bits per heavy atom. The SMILES string of the molecule is O=C(OP)C1CO1. The molecule has 4 heteroatoms. The first kappa shape index (κ1) is 5.01. The molecule has 0 spiro atoms. The normalized spacial score (nSPS) is 26.7. The molecule has 3 nitrogen and oxygen atoms in total. The Morgan fingerprint density at radius 3 is 2.71 bits per heavy atom. The van der Waals surface area contributed by atoms with Crippen molar-refractivity contribution in [3.63, 3.8) is 0 Å². The van der Waals surface area contributed by atoms with E-state index in [1.54, 1.807) is 0 Å². The topological polar surface area (TPSA) is 38.8 Å². The first-order valence-electron chi connectivity index (χ1n) is 1.87. The van der Waals surface area contributed by atoms with Crippen LogP contribution in [0, 0.1) is 0 Å². The number of hydrogen-bond acceptors (Lipinski definition) is 3. The van der Waals surface area contributed by atoms with Gasteiger partial charge in [-0.05, 0) is 0 Å². The van der Waals surface area contributed by atoms with E-state index < -0.39 is 0 Å². The van der Waals surface area contributed by atoms with Crippen molar-refractivity contribution in [1.29, 1.82) is 0 Å². The molecule has 0 radical (unpaired) electrons. The Kier molecular flexibility index (Phi) is 1.26. The molecule has 1 saturated heterocycles. The quantitative estimate of drug-likeness (QED) is 0.353. The number of carbonyl (C=O) groups is 1. The third-order valence-electron chi connectivity index (χ3n) is 0.712. The monoisotopic (exact) mass is 120 g/mol. The molecule has 0 N–H and O–H groups in total. The molecule has 2 atom stereocenters. The number of epoxide rings is 1. The lowest BCUT2D eigenvalue weighted by Crippen LogP contribution is -2.04. The number of hydrogen-bond donors (Lipinski definition) is 0. The highest BCUT2D eigenvalue weighted by molar-refractivity contribution is 7.10. The molecule has 0 saturated carbocycles. The Bertz CT molecular complexity index is 88.2. The predicted octanol–water partition coefficient (Wildman–Crippen LogP) is -0.282. The van der Waals surface area contributed by atoms with Crippen molar-refractivity contribution >= 4 is 15.4 Å². The van der Waals surface area contributed by atoms with Gasteiger partial charge in [0, 0.05) is 0 Å². The smallest absolute Gasteiger partial charge is 0.339 e. The molecule has 0 aromatic carbocycles. The summed E-state index contributed by atoms with van der Waals surface area (Å²) in [5, 5.41) is 0. The van der Waals surface area contributed by atoms with Gasteiger partial charge in [-0.1, -0.05) is 0 Å². The summed E-state index contributed by atoms with van der Waals surface area (Å²) in [5.41, 5.74) is 0. The van der Waals surface area contributed by atoms with Crippen LogP contribution in [0.2, 0.25) is 0 Å². The molecule has 1 aliphatic rings. The number of rotatable bonds is 1. The van der Waals surface area contributed by atoms with Crippen molar-refractivity contribution in [2.45, 2.75) is 6.10 Å². The minimum absolute atomic E-state index is 0.266. The molecule has 0 amide bonds. The van der Waals surface area contributed by atoms with Crippen LogP contribution in [0.15, 0.2) is 0 Å². The van der Waals surface area contributed by atoms with Crippen LogP contribution in [0.4, 0.5) is 0 Å². The van der Waals surface area contributed by atoms with Crippen LogP contribution in [0.1, 0.15) is 0 Å². The highest BCUT2D eigenvalue weighted by atomic mass is 31.0. The summed E-state index contributed by atoms with van der Waals surface area (Å²) in [6.45, 7) is 0.521. The number of carbonyl (C=O) groups excluding carboxylic acids is 1. The van der Waals surface area contributed by atoms with E-state index in [1.165, 1.54) is 0 Å². The van der Waals surface area contributed by atoms with Crippen LogP contribution in [0.25, 0.3) is 0 Å². The van der Waals surface area contributed by atoms with Crippen LogP contribution in [0.5, 0.6) is 0 Å². The van der Waals surface area contributed by atoms with Crippen LogP contribution in [-0.4, -0.2) is 18.7 Å². The van der Waals surface area contributed by atoms with E-state index in [-0.39, 0.29) is 12.1 Å². The van der Waals surface area contributed by atoms with E-state index in [9.17, 15) is 4.79 Å². The van der Waals surface area contributed by atoms with Crippen molar-refractivity contribution < 1.29 is 14.1 Å². The molecule has 1 fully saturated rings. The van der Waals surface area contributed by atoms with Gasteiger partial charge in [0.05, 0.1) is 16.1 Å². The summed E-state index contributed by atoms with van der Waals surface area (Å²) in [4.78, 5) is 10.2. The molecule has 0 bridgehead atoms. The van der Waals surface area contributed by atoms with Crippen LogP contribution < -0.4 is 0 Å². The fourth-order valence-electron chi connectivity index (χ4n) is 0.260. The van der Waals surface area contributed by atoms with Gasteiger partial charge in [0.15, 0.2) is 6.10 Å². The van der Waals surface area contributed by atoms with Crippen molar-refractivity contribution in [2.75, 3.05) is 6.61 Å². The largest absolute Gasteiger partial charge is 0.450 e. The summed E-state index contributed by atoms with van der Waals surface area (Å²) in [6.07, 6.45) is -0.266. The van der Waals surface area contributed by atoms with Gasteiger partial charge in [0.25, 0.3) is 0 Å². The molecule has 2 unspecified atom stereocenters. The van der Waals surface area contributed by atoms with E-state index >= 15 is 0 Å². The third-order valence-corrected chi connectivity index (χ3v) is 0.945. The van der Waals surface area contributed by atoms with Gasteiger partial charge >= 0.3 is 5.97 Å². The zero-order valence-corrected chi connectivity index (χ0v) is 4.74. The summed E-state index contributed by atoms with van der Waals surface area (Å²) in [5.74, 6) is -0.301. The zero-order valence-electron chi connectivity index (χ0n) is 3.59.